The Hall–Kier alpha value is -2.02. The number of guanidine groups is 1. The third-order valence-electron chi connectivity index (χ3n) is 5.61. The maximum atomic E-state index is 4.40. The van der Waals surface area contributed by atoms with Crippen molar-refractivity contribution in [3.05, 3.63) is 77.9 Å². The number of rotatable bonds is 6. The van der Waals surface area contributed by atoms with Crippen LogP contribution in [0.25, 0.3) is 0 Å². The van der Waals surface area contributed by atoms with E-state index < -0.39 is 0 Å². The number of aliphatic imine (C=N–C) groups is 1. The van der Waals surface area contributed by atoms with Gasteiger partial charge in [-0.15, -0.1) is 24.0 Å². The van der Waals surface area contributed by atoms with Gasteiger partial charge >= 0.3 is 0 Å². The van der Waals surface area contributed by atoms with Crippen molar-refractivity contribution in [2.24, 2.45) is 4.99 Å². The fourth-order valence-electron chi connectivity index (χ4n) is 3.72. The van der Waals surface area contributed by atoms with Crippen LogP contribution in [0.2, 0.25) is 0 Å². The molecule has 0 atom stereocenters. The van der Waals surface area contributed by atoms with Crippen molar-refractivity contribution in [2.75, 3.05) is 31.6 Å². The quantitative estimate of drug-likeness (QED) is 0.279. The lowest BCUT2D eigenvalue weighted by molar-refractivity contribution is 0.645. The van der Waals surface area contributed by atoms with Crippen LogP contribution in [0.5, 0.6) is 0 Å². The molecule has 4 rings (SSSR count). The zero-order valence-corrected chi connectivity index (χ0v) is 18.7. The van der Waals surface area contributed by atoms with Gasteiger partial charge in [0.1, 0.15) is 0 Å². The molecule has 4 nitrogen and oxygen atoms in total. The summed E-state index contributed by atoms with van der Waals surface area (Å²) < 4.78 is 0. The van der Waals surface area contributed by atoms with Crippen LogP contribution in [0.4, 0.5) is 5.69 Å². The van der Waals surface area contributed by atoms with Crippen LogP contribution in [0, 0.1) is 0 Å². The number of hydrogen-bond acceptors (Lipinski definition) is 2. The van der Waals surface area contributed by atoms with Crippen molar-refractivity contribution < 1.29 is 0 Å². The molecular weight excluding hydrogens is 459 g/mol. The lowest BCUT2D eigenvalue weighted by Crippen LogP contribution is -2.40. The molecule has 0 aromatic heterocycles. The van der Waals surface area contributed by atoms with Crippen molar-refractivity contribution in [3.8, 4) is 0 Å². The van der Waals surface area contributed by atoms with Gasteiger partial charge in [0.25, 0.3) is 0 Å². The Bertz CT molecular complexity index is 820. The molecular formula is C23H29IN4. The van der Waals surface area contributed by atoms with E-state index >= 15 is 0 Å². The van der Waals surface area contributed by atoms with Crippen molar-refractivity contribution in [2.45, 2.75) is 24.8 Å². The maximum absolute atomic E-state index is 4.40. The molecule has 2 aliphatic rings. The van der Waals surface area contributed by atoms with Gasteiger partial charge in [0, 0.05) is 44.3 Å². The largest absolute Gasteiger partial charge is 0.364 e. The van der Waals surface area contributed by atoms with Crippen LogP contribution in [0.1, 0.15) is 24.0 Å². The summed E-state index contributed by atoms with van der Waals surface area (Å²) >= 11 is 0. The highest BCUT2D eigenvalue weighted by atomic mass is 127. The Morgan fingerprint density at radius 2 is 1.75 bits per heavy atom. The summed E-state index contributed by atoms with van der Waals surface area (Å²) in [5, 5.41) is 6.99. The van der Waals surface area contributed by atoms with Gasteiger partial charge < -0.3 is 15.5 Å². The second-order valence-electron chi connectivity index (χ2n) is 7.47. The predicted octanol–water partition coefficient (Wildman–Crippen LogP) is 4.08. The molecule has 1 saturated carbocycles. The smallest absolute Gasteiger partial charge is 0.191 e. The molecule has 0 saturated heterocycles. The zero-order chi connectivity index (χ0) is 18.5. The standard InChI is InChI=1S/C23H28N4.HI/c1-24-22(26-18-23(12-13-23)20-9-3-2-4-10-20)25-17-19-8-7-11-21(16-19)27-14-5-6-15-27;/h2-11,16H,12-15,17-18H2,1H3,(H2,24,25,26);1H. The van der Waals surface area contributed by atoms with E-state index in [-0.39, 0.29) is 29.4 Å². The average Bonchev–Trinajstić information content (AvgIpc) is 3.32. The lowest BCUT2D eigenvalue weighted by atomic mass is 9.96. The van der Waals surface area contributed by atoms with Crippen molar-refractivity contribution in [1.29, 1.82) is 0 Å². The van der Waals surface area contributed by atoms with Crippen LogP contribution >= 0.6 is 24.0 Å². The molecule has 0 bridgehead atoms. The summed E-state index contributed by atoms with van der Waals surface area (Å²) in [6.07, 6.45) is 6.92. The van der Waals surface area contributed by atoms with Gasteiger partial charge in [-0.05, 0) is 36.1 Å². The molecule has 1 heterocycles. The van der Waals surface area contributed by atoms with E-state index in [9.17, 15) is 0 Å². The summed E-state index contributed by atoms with van der Waals surface area (Å²) in [6, 6.07) is 19.6. The molecule has 1 fully saturated rings. The summed E-state index contributed by atoms with van der Waals surface area (Å²) in [5.74, 6) is 0.866. The molecule has 2 aromatic rings. The van der Waals surface area contributed by atoms with Gasteiger partial charge in [-0.3, -0.25) is 4.99 Å². The monoisotopic (exact) mass is 488 g/mol. The molecule has 0 unspecified atom stereocenters. The van der Waals surface area contributed by atoms with Gasteiger partial charge in [-0.25, -0.2) is 0 Å². The van der Waals surface area contributed by atoms with Crippen molar-refractivity contribution in [3.63, 3.8) is 0 Å². The number of nitrogens with zero attached hydrogens (tertiary/aromatic N) is 2. The molecule has 28 heavy (non-hydrogen) atoms. The molecule has 148 valence electrons. The Labute approximate surface area is 185 Å². The molecule has 0 radical (unpaired) electrons. The van der Waals surface area contributed by atoms with E-state index in [1.54, 1.807) is 0 Å². The third-order valence-corrected chi connectivity index (χ3v) is 5.61. The molecule has 0 amide bonds. The van der Waals surface area contributed by atoms with E-state index in [4.69, 9.17) is 0 Å². The topological polar surface area (TPSA) is 39.7 Å². The van der Waals surface area contributed by atoms with E-state index in [1.807, 2.05) is 7.05 Å². The summed E-state index contributed by atoms with van der Waals surface area (Å²) in [7, 11) is 1.84. The summed E-state index contributed by atoms with van der Waals surface area (Å²) in [5.41, 5.74) is 4.26. The van der Waals surface area contributed by atoms with Crippen LogP contribution in [0.3, 0.4) is 0 Å². The number of halogens is 1. The Morgan fingerprint density at radius 1 is 1.00 bits per heavy atom. The normalized spacial score (nSPS) is 17.2. The van der Waals surface area contributed by atoms with E-state index in [2.05, 4.69) is 87.3 Å². The minimum absolute atomic E-state index is 0. The minimum Gasteiger partial charge on any atom is -0.364 e. The highest BCUT2D eigenvalue weighted by Gasteiger charge is 2.43. The van der Waals surface area contributed by atoms with Crippen LogP contribution in [-0.4, -0.2) is 32.6 Å². The number of anilines is 1. The first-order valence-electron chi connectivity index (χ1n) is 9.78. The molecule has 5 heteroatoms. The van der Waals surface area contributed by atoms with Gasteiger partial charge in [0.05, 0.1) is 0 Å². The van der Waals surface area contributed by atoms with Crippen LogP contribution in [-0.2, 0) is 12.0 Å². The highest BCUT2D eigenvalue weighted by molar-refractivity contribution is 14.0. The first-order chi connectivity index (χ1) is 13.3. The Morgan fingerprint density at radius 3 is 2.43 bits per heavy atom. The van der Waals surface area contributed by atoms with Gasteiger partial charge in [0.2, 0.25) is 0 Å². The second-order valence-corrected chi connectivity index (χ2v) is 7.47. The SMILES string of the molecule is CN=C(NCc1cccc(N2CC=CC2)c1)NCC1(c2ccccc2)CC1.I. The fraction of sp³-hybridized carbons (Fsp3) is 0.348. The summed E-state index contributed by atoms with van der Waals surface area (Å²) in [4.78, 5) is 6.77. The van der Waals surface area contributed by atoms with Gasteiger partial charge in [-0.1, -0.05) is 54.6 Å². The Balaban J connectivity index is 0.00000225. The first-order valence-corrected chi connectivity index (χ1v) is 9.78. The van der Waals surface area contributed by atoms with Crippen LogP contribution in [0.15, 0.2) is 71.7 Å². The molecule has 2 N–H and O–H groups in total. The van der Waals surface area contributed by atoms with E-state index in [0.717, 1.165) is 32.1 Å². The average molecular weight is 488 g/mol. The number of benzene rings is 2. The first kappa shape index (κ1) is 20.7. The zero-order valence-electron chi connectivity index (χ0n) is 16.4. The van der Waals surface area contributed by atoms with E-state index in [0.29, 0.717) is 0 Å². The lowest BCUT2D eigenvalue weighted by Gasteiger charge is -2.20. The number of hydrogen-bond donors (Lipinski definition) is 2. The minimum atomic E-state index is 0. The molecule has 0 spiro atoms. The Kier molecular flexibility index (Phi) is 6.99. The maximum Gasteiger partial charge on any atom is 0.191 e. The van der Waals surface area contributed by atoms with Crippen molar-refractivity contribution >= 4 is 35.6 Å². The molecule has 2 aromatic carbocycles. The number of nitrogens with one attached hydrogen (secondary N) is 2. The highest BCUT2D eigenvalue weighted by Crippen LogP contribution is 2.47. The molecule has 1 aliphatic heterocycles. The van der Waals surface area contributed by atoms with Gasteiger partial charge in [-0.2, -0.15) is 0 Å². The third kappa shape index (κ3) is 4.87. The summed E-state index contributed by atoms with van der Waals surface area (Å²) in [6.45, 7) is 3.70. The van der Waals surface area contributed by atoms with Gasteiger partial charge in [0.15, 0.2) is 5.96 Å². The molecule has 1 aliphatic carbocycles. The fourth-order valence-corrected chi connectivity index (χ4v) is 3.72. The van der Waals surface area contributed by atoms with Crippen LogP contribution < -0.4 is 15.5 Å². The predicted molar refractivity (Wildman–Crippen MR) is 129 cm³/mol. The van der Waals surface area contributed by atoms with Crippen molar-refractivity contribution in [1.82, 2.24) is 10.6 Å². The van der Waals surface area contributed by atoms with E-state index in [1.165, 1.54) is 29.7 Å². The second kappa shape index (κ2) is 9.45.